The van der Waals surface area contributed by atoms with Gasteiger partial charge in [-0.3, -0.25) is 4.79 Å². The third-order valence-corrected chi connectivity index (χ3v) is 5.04. The number of carbonyl (C=O) groups excluding carboxylic acids is 2. The molecule has 0 saturated carbocycles. The van der Waals surface area contributed by atoms with Crippen LogP contribution >= 0.6 is 11.3 Å². The Kier molecular flexibility index (Phi) is 5.49. The first-order valence-corrected chi connectivity index (χ1v) is 9.79. The number of ketones is 1. The zero-order chi connectivity index (χ0) is 20.1. The van der Waals surface area contributed by atoms with Gasteiger partial charge in [0.2, 0.25) is 5.78 Å². The van der Waals surface area contributed by atoms with Gasteiger partial charge in [0, 0.05) is 24.0 Å². The zero-order valence-corrected chi connectivity index (χ0v) is 16.1. The van der Waals surface area contributed by atoms with Gasteiger partial charge in [-0.25, -0.2) is 9.48 Å². The lowest BCUT2D eigenvalue weighted by Gasteiger charge is -1.99. The van der Waals surface area contributed by atoms with E-state index in [1.54, 1.807) is 40.4 Å². The second-order valence-corrected chi connectivity index (χ2v) is 7.09. The number of benzene rings is 1. The molecule has 0 fully saturated rings. The van der Waals surface area contributed by atoms with Crippen molar-refractivity contribution in [2.24, 2.45) is 0 Å². The molecule has 6 nitrogen and oxygen atoms in total. The fourth-order valence-corrected chi connectivity index (χ4v) is 3.48. The van der Waals surface area contributed by atoms with Crippen molar-refractivity contribution in [3.8, 4) is 16.3 Å². The van der Waals surface area contributed by atoms with Crippen molar-refractivity contribution >= 4 is 29.2 Å². The molecule has 0 saturated heterocycles. The highest BCUT2D eigenvalue weighted by Gasteiger charge is 2.13. The van der Waals surface area contributed by atoms with Crippen molar-refractivity contribution in [2.45, 2.75) is 0 Å². The van der Waals surface area contributed by atoms with Crippen LogP contribution in [-0.2, 0) is 9.53 Å². The number of carbonyl (C=O) groups is 2. The maximum absolute atomic E-state index is 12.1. The van der Waals surface area contributed by atoms with E-state index >= 15 is 0 Å². The van der Waals surface area contributed by atoms with Gasteiger partial charge in [0.1, 0.15) is 5.69 Å². The first-order valence-electron chi connectivity index (χ1n) is 8.91. The number of aromatic amines is 1. The maximum atomic E-state index is 12.1. The molecule has 29 heavy (non-hydrogen) atoms. The Morgan fingerprint density at radius 2 is 1.97 bits per heavy atom. The van der Waals surface area contributed by atoms with Crippen molar-refractivity contribution < 1.29 is 14.3 Å². The van der Waals surface area contributed by atoms with E-state index in [2.05, 4.69) is 10.1 Å². The summed E-state index contributed by atoms with van der Waals surface area (Å²) in [5, 5.41) is 6.65. The molecule has 0 spiro atoms. The molecule has 1 aromatic carbocycles. The Balaban J connectivity index is 1.51. The summed E-state index contributed by atoms with van der Waals surface area (Å²) in [4.78, 5) is 27.8. The summed E-state index contributed by atoms with van der Waals surface area (Å²) in [5.74, 6) is -0.873. The molecular formula is C22H17N3O3S. The minimum Gasteiger partial charge on any atom is -0.454 e. The highest BCUT2D eigenvalue weighted by Crippen LogP contribution is 2.28. The molecule has 144 valence electrons. The van der Waals surface area contributed by atoms with Gasteiger partial charge in [-0.05, 0) is 41.8 Å². The van der Waals surface area contributed by atoms with E-state index in [1.165, 1.54) is 6.08 Å². The standard InChI is InChI=1S/C22H17N3O3S/c26-19(18-8-4-12-23-18)15-28-21(27)11-10-16-14-25(17-6-2-1-3-7-17)24-22(16)20-9-5-13-29-20/h1-14,23H,15H2/b11-10+. The summed E-state index contributed by atoms with van der Waals surface area (Å²) < 4.78 is 6.82. The van der Waals surface area contributed by atoms with Crippen molar-refractivity contribution in [2.75, 3.05) is 6.61 Å². The predicted molar refractivity (Wildman–Crippen MR) is 112 cm³/mol. The Morgan fingerprint density at radius 1 is 1.10 bits per heavy atom. The number of hydrogen-bond acceptors (Lipinski definition) is 5. The van der Waals surface area contributed by atoms with E-state index in [-0.39, 0.29) is 12.4 Å². The second-order valence-electron chi connectivity index (χ2n) is 6.14. The average Bonchev–Trinajstić information content (AvgIpc) is 3.52. The van der Waals surface area contributed by atoms with Crippen LogP contribution in [0.25, 0.3) is 22.3 Å². The van der Waals surface area contributed by atoms with Crippen LogP contribution in [0, 0.1) is 0 Å². The highest BCUT2D eigenvalue weighted by atomic mass is 32.1. The lowest BCUT2D eigenvalue weighted by molar-refractivity contribution is -0.136. The van der Waals surface area contributed by atoms with Gasteiger partial charge < -0.3 is 9.72 Å². The van der Waals surface area contributed by atoms with Gasteiger partial charge in [0.25, 0.3) is 0 Å². The largest absolute Gasteiger partial charge is 0.454 e. The van der Waals surface area contributed by atoms with Crippen molar-refractivity contribution in [1.29, 1.82) is 0 Å². The van der Waals surface area contributed by atoms with Crippen LogP contribution in [0.3, 0.4) is 0 Å². The van der Waals surface area contributed by atoms with Crippen molar-refractivity contribution in [3.63, 3.8) is 0 Å². The first-order chi connectivity index (χ1) is 14.2. The predicted octanol–water partition coefficient (Wildman–Crippen LogP) is 4.37. The molecule has 1 N–H and O–H groups in total. The third-order valence-electron chi connectivity index (χ3n) is 4.16. The Bertz CT molecular complexity index is 1130. The molecule has 0 aliphatic carbocycles. The number of para-hydroxylation sites is 1. The molecule has 0 radical (unpaired) electrons. The fraction of sp³-hybridized carbons (Fsp3) is 0.0455. The molecule has 0 atom stereocenters. The summed E-state index contributed by atoms with van der Waals surface area (Å²) in [6, 6.07) is 17.0. The smallest absolute Gasteiger partial charge is 0.331 e. The van der Waals surface area contributed by atoms with E-state index in [9.17, 15) is 9.59 Å². The third kappa shape index (κ3) is 4.41. The summed E-state index contributed by atoms with van der Waals surface area (Å²) in [7, 11) is 0. The summed E-state index contributed by atoms with van der Waals surface area (Å²) >= 11 is 1.57. The minimum absolute atomic E-state index is 0.284. The summed E-state index contributed by atoms with van der Waals surface area (Å²) in [6.07, 6.45) is 6.47. The van der Waals surface area contributed by atoms with Crippen molar-refractivity contribution in [1.82, 2.24) is 14.8 Å². The fourth-order valence-electron chi connectivity index (χ4n) is 2.75. The topological polar surface area (TPSA) is 77.0 Å². The summed E-state index contributed by atoms with van der Waals surface area (Å²) in [5.41, 5.74) is 2.88. The number of nitrogens with one attached hydrogen (secondary N) is 1. The van der Waals surface area contributed by atoms with Gasteiger partial charge in [-0.15, -0.1) is 11.3 Å². The monoisotopic (exact) mass is 403 g/mol. The minimum atomic E-state index is -0.588. The summed E-state index contributed by atoms with van der Waals surface area (Å²) in [6.45, 7) is -0.315. The number of nitrogens with zero attached hydrogens (tertiary/aromatic N) is 2. The van der Waals surface area contributed by atoms with Gasteiger partial charge in [-0.1, -0.05) is 24.3 Å². The number of Topliss-reactive ketones (excluding diaryl/α,β-unsaturated/α-hetero) is 1. The zero-order valence-electron chi connectivity index (χ0n) is 15.3. The van der Waals surface area contributed by atoms with Crippen LogP contribution in [0.15, 0.2) is 78.4 Å². The molecule has 7 heteroatoms. The normalized spacial score (nSPS) is 11.0. The molecule has 0 amide bonds. The Morgan fingerprint density at radius 3 is 2.69 bits per heavy atom. The number of hydrogen-bond donors (Lipinski definition) is 1. The van der Waals surface area contributed by atoms with Gasteiger partial charge >= 0.3 is 5.97 Å². The lowest BCUT2D eigenvalue weighted by Crippen LogP contribution is -2.12. The van der Waals surface area contributed by atoms with E-state index in [1.807, 2.05) is 54.0 Å². The van der Waals surface area contributed by atoms with Crippen LogP contribution in [-0.4, -0.2) is 33.1 Å². The molecule has 0 unspecified atom stereocenters. The second kappa shape index (κ2) is 8.53. The molecule has 3 heterocycles. The van der Waals surface area contributed by atoms with Crippen LogP contribution < -0.4 is 0 Å². The Labute approximate surface area is 171 Å². The number of aromatic nitrogens is 3. The molecule has 0 aliphatic rings. The maximum Gasteiger partial charge on any atom is 0.331 e. The molecule has 3 aromatic heterocycles. The van der Waals surface area contributed by atoms with Crippen LogP contribution in [0.5, 0.6) is 0 Å². The van der Waals surface area contributed by atoms with Gasteiger partial charge in [0.05, 0.1) is 16.3 Å². The SMILES string of the molecule is O=C(/C=C/c1cn(-c2ccccc2)nc1-c1cccs1)OCC(=O)c1ccc[nH]1. The van der Waals surface area contributed by atoms with E-state index < -0.39 is 5.97 Å². The number of ether oxygens (including phenoxy) is 1. The molecule has 4 aromatic rings. The van der Waals surface area contributed by atoms with Crippen LogP contribution in [0.2, 0.25) is 0 Å². The highest BCUT2D eigenvalue weighted by molar-refractivity contribution is 7.13. The van der Waals surface area contributed by atoms with E-state index in [0.29, 0.717) is 5.69 Å². The first kappa shape index (κ1) is 18.6. The van der Waals surface area contributed by atoms with Gasteiger partial charge in [-0.2, -0.15) is 5.10 Å². The number of esters is 1. The molecule has 0 aliphatic heterocycles. The van der Waals surface area contributed by atoms with Crippen LogP contribution in [0.4, 0.5) is 0 Å². The quantitative estimate of drug-likeness (QED) is 0.282. The lowest BCUT2D eigenvalue weighted by atomic mass is 10.2. The van der Waals surface area contributed by atoms with Crippen molar-refractivity contribution in [3.05, 3.63) is 89.7 Å². The Hall–Kier alpha value is -3.71. The van der Waals surface area contributed by atoms with Gasteiger partial charge in [0.15, 0.2) is 6.61 Å². The molecule has 4 rings (SSSR count). The van der Waals surface area contributed by atoms with Crippen LogP contribution in [0.1, 0.15) is 16.1 Å². The number of H-pyrrole nitrogens is 1. The average molecular weight is 403 g/mol. The molecule has 0 bridgehead atoms. The van der Waals surface area contributed by atoms with E-state index in [0.717, 1.165) is 21.8 Å². The number of thiophene rings is 1. The molecular weight excluding hydrogens is 386 g/mol. The number of rotatable bonds is 7. The van der Waals surface area contributed by atoms with E-state index in [4.69, 9.17) is 4.74 Å².